The molecule has 0 bridgehead atoms. The molecule has 1 fully saturated rings. The van der Waals surface area contributed by atoms with E-state index in [0.29, 0.717) is 33.0 Å². The zero-order chi connectivity index (χ0) is 19.9. The van der Waals surface area contributed by atoms with Crippen molar-refractivity contribution in [3.05, 3.63) is 17.4 Å². The Morgan fingerprint density at radius 1 is 1.44 bits per heavy atom. The molecule has 7 nitrogen and oxygen atoms in total. The number of amides is 1. The third kappa shape index (κ3) is 4.02. The Bertz CT molecular complexity index is 860. The van der Waals surface area contributed by atoms with Crippen LogP contribution in [0.2, 0.25) is 0 Å². The molecule has 0 spiro atoms. The molecule has 10 heteroatoms. The topological polar surface area (TPSA) is 98.7 Å². The fourth-order valence-corrected chi connectivity index (χ4v) is 5.38. The van der Waals surface area contributed by atoms with E-state index in [1.807, 2.05) is 0 Å². The minimum atomic E-state index is -4.19. The number of rotatable bonds is 5. The van der Waals surface area contributed by atoms with Gasteiger partial charge >= 0.3 is 10.2 Å². The van der Waals surface area contributed by atoms with Gasteiger partial charge in [0.05, 0.1) is 0 Å². The van der Waals surface area contributed by atoms with Crippen LogP contribution in [0.4, 0.5) is 10.1 Å². The van der Waals surface area contributed by atoms with Gasteiger partial charge in [-0.15, -0.1) is 11.8 Å². The van der Waals surface area contributed by atoms with Crippen molar-refractivity contribution in [1.82, 2.24) is 10.0 Å². The molecule has 0 saturated carbocycles. The van der Waals surface area contributed by atoms with E-state index in [-0.39, 0.29) is 6.04 Å². The summed E-state index contributed by atoms with van der Waals surface area (Å²) >= 11 is 1.42. The highest BCUT2D eigenvalue weighted by Crippen LogP contribution is 2.42. The fraction of sp³-hybridized carbons (Fsp3) is 0.588. The second-order valence-corrected chi connectivity index (χ2v) is 10.1. The van der Waals surface area contributed by atoms with Gasteiger partial charge < -0.3 is 10.4 Å². The van der Waals surface area contributed by atoms with Crippen molar-refractivity contribution < 1.29 is 22.7 Å². The Morgan fingerprint density at radius 2 is 2.15 bits per heavy atom. The minimum absolute atomic E-state index is 0.0468. The number of carbonyl (C=O) groups excluding carboxylic acids is 1. The Balaban J connectivity index is 1.87. The molecule has 150 valence electrons. The third-order valence-electron chi connectivity index (χ3n) is 5.11. The van der Waals surface area contributed by atoms with Crippen molar-refractivity contribution >= 4 is 33.6 Å². The number of nitrogens with zero attached hydrogens (tertiary/aromatic N) is 1. The van der Waals surface area contributed by atoms with E-state index in [4.69, 9.17) is 0 Å². The lowest BCUT2D eigenvalue weighted by atomic mass is 9.97. The molecule has 1 aromatic rings. The maximum Gasteiger partial charge on any atom is 0.326 e. The Labute approximate surface area is 162 Å². The Hall–Kier alpha value is -1.52. The minimum Gasteiger partial charge on any atom is -0.506 e. The van der Waals surface area contributed by atoms with Crippen LogP contribution in [0.15, 0.2) is 11.0 Å². The molecule has 2 atom stereocenters. The van der Waals surface area contributed by atoms with E-state index >= 15 is 4.39 Å². The summed E-state index contributed by atoms with van der Waals surface area (Å²) in [6.45, 7) is 6.71. The lowest BCUT2D eigenvalue weighted by molar-refractivity contribution is -0.117. The predicted molar refractivity (Wildman–Crippen MR) is 103 cm³/mol. The molecule has 2 aliphatic heterocycles. The number of nitrogens with one attached hydrogen (secondary N) is 2. The van der Waals surface area contributed by atoms with Gasteiger partial charge in [0.25, 0.3) is 5.91 Å². The molecule has 3 rings (SSSR count). The first kappa shape index (κ1) is 20.2. The van der Waals surface area contributed by atoms with Gasteiger partial charge in [-0.05, 0) is 30.9 Å². The number of fused-ring (bicyclic) bond motifs is 1. The zero-order valence-corrected chi connectivity index (χ0v) is 17.1. The van der Waals surface area contributed by atoms with Gasteiger partial charge in [0, 0.05) is 22.3 Å². The van der Waals surface area contributed by atoms with Crippen molar-refractivity contribution in [3.63, 3.8) is 0 Å². The Kier molecular flexibility index (Phi) is 5.60. The molecule has 3 N–H and O–H groups in total. The summed E-state index contributed by atoms with van der Waals surface area (Å²) in [6.07, 6.45) is 0.390. The van der Waals surface area contributed by atoms with E-state index in [0.717, 1.165) is 12.3 Å². The molecule has 0 aromatic heterocycles. The number of benzene rings is 1. The largest absolute Gasteiger partial charge is 0.506 e. The quantitative estimate of drug-likeness (QED) is 0.673. The van der Waals surface area contributed by atoms with Gasteiger partial charge in [-0.1, -0.05) is 20.8 Å². The van der Waals surface area contributed by atoms with Crippen LogP contribution in [0.3, 0.4) is 0 Å². The average molecular weight is 418 g/mol. The first-order chi connectivity index (χ1) is 12.6. The van der Waals surface area contributed by atoms with Gasteiger partial charge in [-0.2, -0.15) is 8.42 Å². The van der Waals surface area contributed by atoms with E-state index in [9.17, 15) is 18.3 Å². The number of halogens is 1. The summed E-state index contributed by atoms with van der Waals surface area (Å²) in [7, 11) is -4.19. The molecular formula is C17H24FN3O4S2. The van der Waals surface area contributed by atoms with Crippen molar-refractivity contribution in [1.29, 1.82) is 0 Å². The summed E-state index contributed by atoms with van der Waals surface area (Å²) in [5.74, 6) is -0.295. The zero-order valence-electron chi connectivity index (χ0n) is 15.5. The molecule has 27 heavy (non-hydrogen) atoms. The summed E-state index contributed by atoms with van der Waals surface area (Å²) in [5.41, 5.74) is -0.104. The first-order valence-electron chi connectivity index (χ1n) is 8.84. The van der Waals surface area contributed by atoms with Crippen LogP contribution in [-0.4, -0.2) is 44.3 Å². The van der Waals surface area contributed by atoms with Crippen LogP contribution in [0.1, 0.15) is 26.3 Å². The van der Waals surface area contributed by atoms with Crippen LogP contribution in [-0.2, 0) is 21.4 Å². The number of hydrogen-bond donors (Lipinski definition) is 3. The highest BCUT2D eigenvalue weighted by atomic mass is 32.2. The van der Waals surface area contributed by atoms with Gasteiger partial charge in [-0.3, -0.25) is 4.79 Å². The number of phenols is 1. The highest BCUT2D eigenvalue weighted by molar-refractivity contribution is 7.99. The van der Waals surface area contributed by atoms with Crippen molar-refractivity contribution in [2.75, 3.05) is 23.1 Å². The lowest BCUT2D eigenvalue weighted by Crippen LogP contribution is -2.39. The normalized spacial score (nSPS) is 22.6. The highest BCUT2D eigenvalue weighted by Gasteiger charge is 2.39. The smallest absolute Gasteiger partial charge is 0.326 e. The average Bonchev–Trinajstić information content (AvgIpc) is 2.85. The molecule has 1 aromatic carbocycles. The number of thioether (sulfide) groups is 1. The van der Waals surface area contributed by atoms with Crippen molar-refractivity contribution in [2.24, 2.45) is 11.8 Å². The molecule has 1 unspecified atom stereocenters. The van der Waals surface area contributed by atoms with Gasteiger partial charge in [-0.25, -0.2) is 13.4 Å². The van der Waals surface area contributed by atoms with Crippen molar-refractivity contribution in [2.45, 2.75) is 38.1 Å². The number of hydrogen-bond acceptors (Lipinski definition) is 6. The second kappa shape index (κ2) is 7.48. The summed E-state index contributed by atoms with van der Waals surface area (Å²) in [6, 6.07) is 1.43. The fourth-order valence-electron chi connectivity index (χ4n) is 3.06. The molecule has 2 heterocycles. The molecule has 0 aliphatic carbocycles. The van der Waals surface area contributed by atoms with E-state index in [1.54, 1.807) is 4.72 Å². The SMILES string of the molecule is CC(C)C(C)CN[C@@H]1CSc2cc(O)c(N3CC(=O)NS3(=O)=O)c(F)c2C1. The summed E-state index contributed by atoms with van der Waals surface area (Å²) in [5, 5.41) is 13.7. The standard InChI is InChI=1S/C17H24FN3O4S2/c1-9(2)10(3)6-19-11-4-12-14(26-8-11)5-13(22)17(16(12)18)21-7-15(23)20-27(21,24)25/h5,9-11,19,22H,4,6-8H2,1-3H3,(H,20,23)/t10?,11-/m0/s1. The summed E-state index contributed by atoms with van der Waals surface area (Å²) in [4.78, 5) is 12.1. The molecule has 1 amide bonds. The third-order valence-corrected chi connectivity index (χ3v) is 7.73. The molecular weight excluding hydrogens is 393 g/mol. The monoisotopic (exact) mass is 417 g/mol. The summed E-state index contributed by atoms with van der Waals surface area (Å²) < 4.78 is 41.7. The van der Waals surface area contributed by atoms with Crippen LogP contribution in [0.25, 0.3) is 0 Å². The number of anilines is 1. The second-order valence-electron chi connectivity index (χ2n) is 7.41. The Morgan fingerprint density at radius 3 is 2.74 bits per heavy atom. The van der Waals surface area contributed by atoms with E-state index in [1.165, 1.54) is 17.8 Å². The van der Waals surface area contributed by atoms with Gasteiger partial charge in [0.1, 0.15) is 18.0 Å². The maximum atomic E-state index is 15.2. The molecule has 0 radical (unpaired) electrons. The molecule has 2 aliphatic rings. The lowest BCUT2D eigenvalue weighted by Gasteiger charge is -2.29. The van der Waals surface area contributed by atoms with Crippen LogP contribution in [0, 0.1) is 17.7 Å². The van der Waals surface area contributed by atoms with Crippen molar-refractivity contribution in [3.8, 4) is 5.75 Å². The van der Waals surface area contributed by atoms with Crippen LogP contribution < -0.4 is 14.3 Å². The first-order valence-corrected chi connectivity index (χ1v) is 11.3. The van der Waals surface area contributed by atoms with E-state index < -0.39 is 39.9 Å². The van der Waals surface area contributed by atoms with Gasteiger partial charge in [0.15, 0.2) is 5.82 Å². The number of aromatic hydroxyl groups is 1. The number of carbonyl (C=O) groups is 1. The van der Waals surface area contributed by atoms with Crippen LogP contribution in [0.5, 0.6) is 5.75 Å². The van der Waals surface area contributed by atoms with Gasteiger partial charge in [0.2, 0.25) is 0 Å². The van der Waals surface area contributed by atoms with Crippen LogP contribution >= 0.6 is 11.8 Å². The van der Waals surface area contributed by atoms with E-state index in [2.05, 4.69) is 26.1 Å². The maximum absolute atomic E-state index is 15.2. The molecule has 1 saturated heterocycles. The number of phenolic OH excluding ortho intramolecular Hbond substituents is 1. The predicted octanol–water partition coefficient (Wildman–Crippen LogP) is 1.61.